The zero-order valence-corrected chi connectivity index (χ0v) is 12.3. The number of rotatable bonds is 5. The third kappa shape index (κ3) is 4.76. The molecule has 4 heteroatoms. The van der Waals surface area contributed by atoms with Crippen molar-refractivity contribution in [1.29, 1.82) is 0 Å². The highest BCUT2D eigenvalue weighted by molar-refractivity contribution is 5.99. The molecule has 0 bridgehead atoms. The van der Waals surface area contributed by atoms with Crippen molar-refractivity contribution in [3.05, 3.63) is 65.7 Å². The molecule has 0 atom stereocenters. The van der Waals surface area contributed by atoms with E-state index in [2.05, 4.69) is 15.8 Å². The summed E-state index contributed by atoms with van der Waals surface area (Å²) in [6.45, 7) is 4.08. The molecule has 4 nitrogen and oxygen atoms in total. The Labute approximate surface area is 124 Å². The molecule has 0 saturated carbocycles. The van der Waals surface area contributed by atoms with E-state index >= 15 is 0 Å². The lowest BCUT2D eigenvalue weighted by molar-refractivity contribution is -0.119. The van der Waals surface area contributed by atoms with Crippen LogP contribution in [0.25, 0.3) is 0 Å². The first-order valence-electron chi connectivity index (χ1n) is 6.84. The molecule has 1 amide bonds. The molecule has 108 valence electrons. The summed E-state index contributed by atoms with van der Waals surface area (Å²) in [7, 11) is 0. The molecule has 2 aromatic carbocycles. The first kappa shape index (κ1) is 14.8. The van der Waals surface area contributed by atoms with Crippen LogP contribution >= 0.6 is 0 Å². The van der Waals surface area contributed by atoms with Gasteiger partial charge >= 0.3 is 0 Å². The normalized spacial score (nSPS) is 11.0. The van der Waals surface area contributed by atoms with Crippen LogP contribution in [0.15, 0.2) is 59.7 Å². The smallest absolute Gasteiger partial charge is 0.259 e. The number of aryl methyl sites for hydroxylation is 1. The van der Waals surface area contributed by atoms with E-state index in [1.54, 1.807) is 0 Å². The minimum atomic E-state index is -0.175. The Hall–Kier alpha value is -2.62. The highest BCUT2D eigenvalue weighted by Crippen LogP contribution is 2.07. The van der Waals surface area contributed by atoms with Crippen molar-refractivity contribution in [2.75, 3.05) is 11.9 Å². The summed E-state index contributed by atoms with van der Waals surface area (Å²) in [4.78, 5) is 11.7. The fourth-order valence-corrected chi connectivity index (χ4v) is 1.78. The van der Waals surface area contributed by atoms with Gasteiger partial charge in [-0.25, -0.2) is 5.43 Å². The number of carbonyl (C=O) groups is 1. The highest BCUT2D eigenvalue weighted by atomic mass is 16.2. The molecule has 0 aliphatic heterocycles. The van der Waals surface area contributed by atoms with Crippen LogP contribution in [0.3, 0.4) is 0 Å². The summed E-state index contributed by atoms with van der Waals surface area (Å²) >= 11 is 0. The van der Waals surface area contributed by atoms with Gasteiger partial charge in [-0.1, -0.05) is 48.0 Å². The van der Waals surface area contributed by atoms with Gasteiger partial charge in [-0.3, -0.25) is 4.79 Å². The van der Waals surface area contributed by atoms with E-state index in [-0.39, 0.29) is 12.5 Å². The van der Waals surface area contributed by atoms with Crippen LogP contribution in [0.5, 0.6) is 0 Å². The van der Waals surface area contributed by atoms with Crippen molar-refractivity contribution in [2.24, 2.45) is 5.10 Å². The molecule has 0 saturated heterocycles. The third-order valence-corrected chi connectivity index (χ3v) is 3.04. The van der Waals surface area contributed by atoms with Crippen LogP contribution in [0.4, 0.5) is 5.69 Å². The van der Waals surface area contributed by atoms with Gasteiger partial charge in [0.1, 0.15) is 0 Å². The summed E-state index contributed by atoms with van der Waals surface area (Å²) in [5.41, 5.74) is 6.42. The van der Waals surface area contributed by atoms with Crippen molar-refractivity contribution in [3.63, 3.8) is 0 Å². The average Bonchev–Trinajstić information content (AvgIpc) is 2.53. The van der Waals surface area contributed by atoms with Gasteiger partial charge in [-0.15, -0.1) is 0 Å². The Morgan fingerprint density at radius 2 is 1.71 bits per heavy atom. The van der Waals surface area contributed by atoms with Crippen molar-refractivity contribution in [1.82, 2.24) is 5.43 Å². The Bertz CT molecular complexity index is 618. The molecule has 21 heavy (non-hydrogen) atoms. The SMILES string of the molecule is C/C(=N/NC(=O)CNc1ccc(C)cc1)c1ccccc1. The summed E-state index contributed by atoms with van der Waals surface area (Å²) in [6.07, 6.45) is 0. The number of anilines is 1. The number of benzene rings is 2. The summed E-state index contributed by atoms with van der Waals surface area (Å²) in [5.74, 6) is -0.175. The number of carbonyl (C=O) groups excluding carboxylic acids is 1. The third-order valence-electron chi connectivity index (χ3n) is 3.04. The molecule has 0 aliphatic rings. The van der Waals surface area contributed by atoms with E-state index in [9.17, 15) is 4.79 Å². The lowest BCUT2D eigenvalue weighted by atomic mass is 10.1. The Balaban J connectivity index is 1.83. The quantitative estimate of drug-likeness (QED) is 0.654. The largest absolute Gasteiger partial charge is 0.376 e. The predicted octanol–water partition coefficient (Wildman–Crippen LogP) is 2.95. The Kier molecular flexibility index (Phi) is 5.10. The van der Waals surface area contributed by atoms with Crippen molar-refractivity contribution in [2.45, 2.75) is 13.8 Å². The second kappa shape index (κ2) is 7.24. The second-order valence-corrected chi connectivity index (χ2v) is 4.82. The fraction of sp³-hybridized carbons (Fsp3) is 0.176. The van der Waals surface area contributed by atoms with E-state index in [0.717, 1.165) is 17.0 Å². The zero-order chi connectivity index (χ0) is 15.1. The van der Waals surface area contributed by atoms with Crippen molar-refractivity contribution >= 4 is 17.3 Å². The molecular formula is C17H19N3O. The van der Waals surface area contributed by atoms with Gasteiger partial charge < -0.3 is 5.32 Å². The van der Waals surface area contributed by atoms with Crippen molar-refractivity contribution < 1.29 is 4.79 Å². The molecule has 0 aliphatic carbocycles. The number of hydrazone groups is 1. The molecule has 0 fully saturated rings. The standard InChI is InChI=1S/C17H19N3O/c1-13-8-10-16(11-9-13)18-12-17(21)20-19-14(2)15-6-4-3-5-7-15/h3-11,18H,12H2,1-2H3,(H,20,21)/b19-14-. The minimum absolute atomic E-state index is 0.175. The number of hydrogen-bond acceptors (Lipinski definition) is 3. The molecular weight excluding hydrogens is 262 g/mol. The first-order chi connectivity index (χ1) is 10.1. The van der Waals surface area contributed by atoms with Crippen LogP contribution in [0, 0.1) is 6.92 Å². The maximum absolute atomic E-state index is 11.7. The minimum Gasteiger partial charge on any atom is -0.376 e. The van der Waals surface area contributed by atoms with Crippen LogP contribution < -0.4 is 10.7 Å². The van der Waals surface area contributed by atoms with E-state index < -0.39 is 0 Å². The monoisotopic (exact) mass is 281 g/mol. The molecule has 0 radical (unpaired) electrons. The first-order valence-corrected chi connectivity index (χ1v) is 6.84. The number of nitrogens with zero attached hydrogens (tertiary/aromatic N) is 1. The fourth-order valence-electron chi connectivity index (χ4n) is 1.78. The van der Waals surface area contributed by atoms with Crippen LogP contribution in [-0.4, -0.2) is 18.2 Å². The number of hydrogen-bond donors (Lipinski definition) is 2. The summed E-state index contributed by atoms with van der Waals surface area (Å²) in [6, 6.07) is 17.6. The summed E-state index contributed by atoms with van der Waals surface area (Å²) in [5, 5.41) is 7.15. The maximum atomic E-state index is 11.7. The van der Waals surface area contributed by atoms with E-state index in [1.807, 2.05) is 68.4 Å². The van der Waals surface area contributed by atoms with Gasteiger partial charge in [-0.05, 0) is 31.5 Å². The maximum Gasteiger partial charge on any atom is 0.259 e. The van der Waals surface area contributed by atoms with Gasteiger partial charge in [0, 0.05) is 5.69 Å². The molecule has 2 rings (SSSR count). The lowest BCUT2D eigenvalue weighted by Gasteiger charge is -2.06. The predicted molar refractivity (Wildman–Crippen MR) is 86.5 cm³/mol. The number of nitrogens with one attached hydrogen (secondary N) is 2. The topological polar surface area (TPSA) is 53.5 Å². The molecule has 2 N–H and O–H groups in total. The molecule has 0 spiro atoms. The van der Waals surface area contributed by atoms with Gasteiger partial charge in [0.2, 0.25) is 0 Å². The van der Waals surface area contributed by atoms with Crippen LogP contribution in [0.2, 0.25) is 0 Å². The molecule has 0 heterocycles. The lowest BCUT2D eigenvalue weighted by Crippen LogP contribution is -2.26. The van der Waals surface area contributed by atoms with Gasteiger partial charge in [-0.2, -0.15) is 5.10 Å². The van der Waals surface area contributed by atoms with E-state index in [1.165, 1.54) is 5.56 Å². The van der Waals surface area contributed by atoms with E-state index in [4.69, 9.17) is 0 Å². The van der Waals surface area contributed by atoms with Gasteiger partial charge in [0.25, 0.3) is 5.91 Å². The Morgan fingerprint density at radius 1 is 1.05 bits per heavy atom. The number of amides is 1. The second-order valence-electron chi connectivity index (χ2n) is 4.82. The molecule has 0 aromatic heterocycles. The highest BCUT2D eigenvalue weighted by Gasteiger charge is 2.01. The molecule has 2 aromatic rings. The average molecular weight is 281 g/mol. The van der Waals surface area contributed by atoms with Gasteiger partial charge in [0.05, 0.1) is 12.3 Å². The zero-order valence-electron chi connectivity index (χ0n) is 12.3. The van der Waals surface area contributed by atoms with Crippen LogP contribution in [-0.2, 0) is 4.79 Å². The van der Waals surface area contributed by atoms with Gasteiger partial charge in [0.15, 0.2) is 0 Å². The molecule has 0 unspecified atom stereocenters. The van der Waals surface area contributed by atoms with Crippen LogP contribution in [0.1, 0.15) is 18.1 Å². The Morgan fingerprint density at radius 3 is 2.38 bits per heavy atom. The summed E-state index contributed by atoms with van der Waals surface area (Å²) < 4.78 is 0. The van der Waals surface area contributed by atoms with Crippen molar-refractivity contribution in [3.8, 4) is 0 Å². The van der Waals surface area contributed by atoms with E-state index in [0.29, 0.717) is 0 Å².